The Bertz CT molecular complexity index is 422. The van der Waals surface area contributed by atoms with E-state index >= 15 is 0 Å². The Morgan fingerprint density at radius 1 is 1.69 bits per heavy atom. The molecule has 0 amide bonds. The molecule has 16 heavy (non-hydrogen) atoms. The van der Waals surface area contributed by atoms with Crippen molar-refractivity contribution in [3.05, 3.63) is 17.3 Å². The van der Waals surface area contributed by atoms with E-state index in [0.717, 1.165) is 6.42 Å². The van der Waals surface area contributed by atoms with Crippen LogP contribution in [0.15, 0.2) is 4.42 Å². The van der Waals surface area contributed by atoms with Crippen LogP contribution < -0.4 is 0 Å². The fourth-order valence-electron chi connectivity index (χ4n) is 1.81. The lowest BCUT2D eigenvalue weighted by Gasteiger charge is -1.96. The van der Waals surface area contributed by atoms with Crippen LogP contribution in [-0.2, 0) is 11.3 Å². The lowest BCUT2D eigenvalue weighted by Crippen LogP contribution is -2.00. The molecule has 1 N–H and O–H groups in total. The summed E-state index contributed by atoms with van der Waals surface area (Å²) in [6.45, 7) is 4.38. The van der Waals surface area contributed by atoms with Crippen LogP contribution >= 0.6 is 0 Å². The molecule has 1 fully saturated rings. The Morgan fingerprint density at radius 2 is 2.31 bits per heavy atom. The van der Waals surface area contributed by atoms with Gasteiger partial charge in [0.05, 0.1) is 6.61 Å². The second kappa shape index (κ2) is 3.59. The Hall–Kier alpha value is -1.36. The highest BCUT2D eigenvalue weighted by Crippen LogP contribution is 2.58. The zero-order valence-corrected chi connectivity index (χ0v) is 9.61. The summed E-state index contributed by atoms with van der Waals surface area (Å²) >= 11 is 0. The van der Waals surface area contributed by atoms with Crippen LogP contribution in [-0.4, -0.2) is 23.2 Å². The zero-order valence-electron chi connectivity index (χ0n) is 9.61. The minimum atomic E-state index is -1.09. The maximum absolute atomic E-state index is 10.9. The number of methoxy groups -OCH3 is 1. The van der Waals surface area contributed by atoms with Gasteiger partial charge in [-0.15, -0.1) is 0 Å². The van der Waals surface area contributed by atoms with E-state index in [0.29, 0.717) is 11.6 Å². The fourth-order valence-corrected chi connectivity index (χ4v) is 1.81. The van der Waals surface area contributed by atoms with Crippen molar-refractivity contribution in [3.8, 4) is 0 Å². The van der Waals surface area contributed by atoms with Crippen molar-refractivity contribution in [1.29, 1.82) is 0 Å². The number of aromatic nitrogens is 1. The van der Waals surface area contributed by atoms with Crippen molar-refractivity contribution in [1.82, 2.24) is 4.98 Å². The second-order valence-corrected chi connectivity index (χ2v) is 4.81. The van der Waals surface area contributed by atoms with E-state index in [-0.39, 0.29) is 23.7 Å². The highest BCUT2D eigenvalue weighted by Gasteiger charge is 2.50. The summed E-state index contributed by atoms with van der Waals surface area (Å²) in [5.74, 6) is -0.436. The van der Waals surface area contributed by atoms with Gasteiger partial charge in [0.15, 0.2) is 5.89 Å². The third-order valence-electron chi connectivity index (χ3n) is 3.00. The minimum Gasteiger partial charge on any atom is -0.475 e. The number of oxazole rings is 1. The molecule has 0 aliphatic heterocycles. The highest BCUT2D eigenvalue weighted by molar-refractivity contribution is 5.85. The van der Waals surface area contributed by atoms with Gasteiger partial charge in [-0.25, -0.2) is 9.78 Å². The van der Waals surface area contributed by atoms with Gasteiger partial charge in [-0.3, -0.25) is 0 Å². The Labute approximate surface area is 93.4 Å². The number of hydrogen-bond donors (Lipinski definition) is 1. The maximum atomic E-state index is 10.9. The number of carboxylic acids is 1. The molecular weight excluding hydrogens is 210 g/mol. The van der Waals surface area contributed by atoms with E-state index in [1.807, 2.05) is 0 Å². The molecule has 0 spiro atoms. The van der Waals surface area contributed by atoms with Gasteiger partial charge in [-0.2, -0.15) is 0 Å². The van der Waals surface area contributed by atoms with Crippen LogP contribution in [0.25, 0.3) is 0 Å². The number of rotatable bonds is 4. The Balaban J connectivity index is 2.29. The first-order valence-corrected chi connectivity index (χ1v) is 5.17. The molecule has 1 atom stereocenters. The second-order valence-electron chi connectivity index (χ2n) is 4.81. The van der Waals surface area contributed by atoms with Gasteiger partial charge < -0.3 is 14.3 Å². The zero-order chi connectivity index (χ0) is 11.9. The Kier molecular flexibility index (Phi) is 2.50. The van der Waals surface area contributed by atoms with E-state index in [1.165, 1.54) is 7.11 Å². The van der Waals surface area contributed by atoms with Gasteiger partial charge in [0.2, 0.25) is 5.76 Å². The molecule has 1 aliphatic carbocycles. The standard InChI is InChI=1S/C11H15NO4/c1-11(2)4-6(11)9-12-7(5-15-3)8(16-9)10(13)14/h6H,4-5H2,1-3H3,(H,13,14). The average Bonchev–Trinajstić information content (AvgIpc) is 2.65. The molecular formula is C11H15NO4. The summed E-state index contributed by atoms with van der Waals surface area (Å²) in [6, 6.07) is 0. The number of carboxylic acid groups (broad SMARTS) is 1. The van der Waals surface area contributed by atoms with Crippen molar-refractivity contribution in [2.75, 3.05) is 7.11 Å². The van der Waals surface area contributed by atoms with E-state index in [9.17, 15) is 4.79 Å². The van der Waals surface area contributed by atoms with Gasteiger partial charge in [0.1, 0.15) is 5.69 Å². The molecule has 1 aromatic rings. The molecule has 1 aromatic heterocycles. The quantitative estimate of drug-likeness (QED) is 0.848. The molecule has 0 radical (unpaired) electrons. The highest BCUT2D eigenvalue weighted by atomic mass is 16.5. The lowest BCUT2D eigenvalue weighted by molar-refractivity contribution is 0.0653. The van der Waals surface area contributed by atoms with E-state index < -0.39 is 5.97 Å². The van der Waals surface area contributed by atoms with E-state index in [1.54, 1.807) is 0 Å². The van der Waals surface area contributed by atoms with Crippen LogP contribution in [0.5, 0.6) is 0 Å². The van der Waals surface area contributed by atoms with Crippen molar-refractivity contribution >= 4 is 5.97 Å². The topological polar surface area (TPSA) is 72.6 Å². The van der Waals surface area contributed by atoms with E-state index in [4.69, 9.17) is 14.3 Å². The molecule has 1 heterocycles. The van der Waals surface area contributed by atoms with Gasteiger partial charge in [-0.05, 0) is 11.8 Å². The summed E-state index contributed by atoms with van der Waals surface area (Å²) in [4.78, 5) is 15.1. The number of hydrogen-bond acceptors (Lipinski definition) is 4. The molecule has 1 saturated carbocycles. The molecule has 1 aliphatic rings. The molecule has 5 nitrogen and oxygen atoms in total. The van der Waals surface area contributed by atoms with Crippen molar-refractivity contribution in [3.63, 3.8) is 0 Å². The lowest BCUT2D eigenvalue weighted by atomic mass is 10.1. The molecule has 0 bridgehead atoms. The predicted octanol–water partition coefficient (Wildman–Crippen LogP) is 2.03. The van der Waals surface area contributed by atoms with Gasteiger partial charge in [0, 0.05) is 13.0 Å². The largest absolute Gasteiger partial charge is 0.475 e. The Morgan fingerprint density at radius 3 is 2.75 bits per heavy atom. The normalized spacial score (nSPS) is 22.1. The molecule has 1 unspecified atom stereocenters. The van der Waals surface area contributed by atoms with Crippen LogP contribution in [0, 0.1) is 5.41 Å². The first kappa shape index (κ1) is 11.1. The summed E-state index contributed by atoms with van der Waals surface area (Å²) in [5.41, 5.74) is 0.540. The van der Waals surface area contributed by atoms with Crippen LogP contribution in [0.3, 0.4) is 0 Å². The van der Waals surface area contributed by atoms with Gasteiger partial charge in [0.25, 0.3) is 0 Å². The SMILES string of the molecule is COCc1nc(C2CC2(C)C)oc1C(=O)O. The summed E-state index contributed by atoms with van der Waals surface area (Å²) in [7, 11) is 1.50. The third-order valence-corrected chi connectivity index (χ3v) is 3.00. The number of ether oxygens (including phenoxy) is 1. The number of nitrogens with zero attached hydrogens (tertiary/aromatic N) is 1. The first-order valence-electron chi connectivity index (χ1n) is 5.17. The van der Waals surface area contributed by atoms with E-state index in [2.05, 4.69) is 18.8 Å². The predicted molar refractivity (Wildman–Crippen MR) is 55.3 cm³/mol. The first-order chi connectivity index (χ1) is 7.45. The molecule has 0 saturated heterocycles. The summed E-state index contributed by atoms with van der Waals surface area (Å²) < 4.78 is 10.2. The van der Waals surface area contributed by atoms with Crippen LogP contribution in [0.4, 0.5) is 0 Å². The maximum Gasteiger partial charge on any atom is 0.373 e. The monoisotopic (exact) mass is 225 g/mol. The summed E-state index contributed by atoms with van der Waals surface area (Å²) in [6.07, 6.45) is 0.985. The molecule has 5 heteroatoms. The number of aromatic carboxylic acids is 1. The van der Waals surface area contributed by atoms with Gasteiger partial charge in [-0.1, -0.05) is 13.8 Å². The van der Waals surface area contributed by atoms with Crippen molar-refractivity contribution < 1.29 is 19.1 Å². The van der Waals surface area contributed by atoms with Crippen molar-refractivity contribution in [2.24, 2.45) is 5.41 Å². The van der Waals surface area contributed by atoms with Crippen LogP contribution in [0.1, 0.15) is 48.3 Å². The number of carbonyl (C=O) groups is 1. The van der Waals surface area contributed by atoms with Gasteiger partial charge >= 0.3 is 5.97 Å². The average molecular weight is 225 g/mol. The fraction of sp³-hybridized carbons (Fsp3) is 0.636. The molecule has 88 valence electrons. The molecule has 0 aromatic carbocycles. The smallest absolute Gasteiger partial charge is 0.373 e. The minimum absolute atomic E-state index is 0.0976. The molecule has 2 rings (SSSR count). The third kappa shape index (κ3) is 1.82. The van der Waals surface area contributed by atoms with Crippen LogP contribution in [0.2, 0.25) is 0 Å². The summed E-state index contributed by atoms with van der Waals surface area (Å²) in [5, 5.41) is 8.95. The van der Waals surface area contributed by atoms with Crippen molar-refractivity contribution in [2.45, 2.75) is 32.8 Å².